The molecule has 11 heteroatoms. The van der Waals surface area contributed by atoms with Gasteiger partial charge in [-0.25, -0.2) is 9.67 Å². The Morgan fingerprint density at radius 3 is 2.78 bits per heavy atom. The molecule has 11 nitrogen and oxygen atoms in total. The third-order valence-corrected chi connectivity index (χ3v) is 6.54. The lowest BCUT2D eigenvalue weighted by molar-refractivity contribution is -0.111. The number of benzene rings is 2. The Labute approximate surface area is 239 Å². The maximum Gasteiger partial charge on any atom is 0.247 e. The number of methoxy groups -OCH3 is 1. The fourth-order valence-corrected chi connectivity index (χ4v) is 4.67. The molecule has 0 bridgehead atoms. The summed E-state index contributed by atoms with van der Waals surface area (Å²) in [4.78, 5) is 23.5. The Hall–Kier alpha value is -4.58. The second kappa shape index (κ2) is 12.7. The van der Waals surface area contributed by atoms with Gasteiger partial charge in [-0.05, 0) is 32.3 Å². The van der Waals surface area contributed by atoms with Crippen molar-refractivity contribution in [1.82, 2.24) is 30.0 Å². The lowest BCUT2D eigenvalue weighted by atomic mass is 10.0. The van der Waals surface area contributed by atoms with E-state index in [-0.39, 0.29) is 12.0 Å². The Bertz CT molecular complexity index is 1510. The Morgan fingerprint density at radius 2 is 2.07 bits per heavy atom. The number of hydrogen-bond donors (Lipinski definition) is 3. The summed E-state index contributed by atoms with van der Waals surface area (Å²) in [6.45, 7) is 6.26. The fraction of sp³-hybridized carbons (Fsp3) is 0.267. The van der Waals surface area contributed by atoms with Crippen molar-refractivity contribution in [1.29, 1.82) is 0 Å². The molecule has 0 spiro atoms. The molecule has 1 aliphatic heterocycles. The van der Waals surface area contributed by atoms with Gasteiger partial charge in [-0.1, -0.05) is 36.9 Å². The zero-order valence-electron chi connectivity index (χ0n) is 23.4. The summed E-state index contributed by atoms with van der Waals surface area (Å²) in [5.41, 5.74) is 4.96. The number of hydrogen-bond acceptors (Lipinski definition) is 9. The van der Waals surface area contributed by atoms with E-state index in [0.29, 0.717) is 42.0 Å². The molecule has 1 fully saturated rings. The van der Waals surface area contributed by atoms with Gasteiger partial charge in [0.25, 0.3) is 0 Å². The topological polar surface area (TPSA) is 118 Å². The molecule has 3 N–H and O–H groups in total. The average Bonchev–Trinajstić information content (AvgIpc) is 3.41. The van der Waals surface area contributed by atoms with Crippen LogP contribution in [-0.2, 0) is 16.1 Å². The first-order valence-corrected chi connectivity index (χ1v) is 13.3. The summed E-state index contributed by atoms with van der Waals surface area (Å²) in [6, 6.07) is 15.5. The Kier molecular flexibility index (Phi) is 8.68. The van der Waals surface area contributed by atoms with E-state index < -0.39 is 0 Å². The molecule has 4 aromatic rings. The summed E-state index contributed by atoms with van der Waals surface area (Å²) >= 11 is 0. The van der Waals surface area contributed by atoms with E-state index in [0.717, 1.165) is 35.5 Å². The molecule has 2 aromatic carbocycles. The number of rotatable bonds is 10. The first-order chi connectivity index (χ1) is 19.9. The van der Waals surface area contributed by atoms with Crippen LogP contribution in [0.4, 0.5) is 17.3 Å². The summed E-state index contributed by atoms with van der Waals surface area (Å²) < 4.78 is 13.4. The molecule has 5 rings (SSSR count). The van der Waals surface area contributed by atoms with E-state index in [4.69, 9.17) is 19.6 Å². The van der Waals surface area contributed by atoms with Crippen molar-refractivity contribution >= 4 is 23.2 Å². The number of carbonyl (C=O) groups is 1. The van der Waals surface area contributed by atoms with E-state index >= 15 is 0 Å². The quantitative estimate of drug-likeness (QED) is 0.251. The third-order valence-electron chi connectivity index (χ3n) is 6.54. The molecule has 0 saturated carbocycles. The average molecular weight is 555 g/mol. The Balaban J connectivity index is 1.49. The highest BCUT2D eigenvalue weighted by molar-refractivity contribution is 6.00. The molecular formula is C30H34N8O3. The largest absolute Gasteiger partial charge is 0.495 e. The number of nitrogens with one attached hydrogen (secondary N) is 3. The smallest absolute Gasteiger partial charge is 0.247 e. The zero-order valence-corrected chi connectivity index (χ0v) is 23.4. The molecule has 2 aromatic heterocycles. The van der Waals surface area contributed by atoms with Crippen LogP contribution in [0.25, 0.3) is 17.1 Å². The minimum Gasteiger partial charge on any atom is -0.495 e. The van der Waals surface area contributed by atoms with Crippen LogP contribution in [-0.4, -0.2) is 71.5 Å². The van der Waals surface area contributed by atoms with Crippen LogP contribution < -0.4 is 20.7 Å². The minimum atomic E-state index is -0.328. The van der Waals surface area contributed by atoms with Gasteiger partial charge >= 0.3 is 0 Å². The van der Waals surface area contributed by atoms with Crippen LogP contribution in [0.1, 0.15) is 17.2 Å². The highest BCUT2D eigenvalue weighted by Crippen LogP contribution is 2.37. The van der Waals surface area contributed by atoms with Gasteiger partial charge < -0.3 is 30.3 Å². The van der Waals surface area contributed by atoms with E-state index in [9.17, 15) is 4.79 Å². The van der Waals surface area contributed by atoms with E-state index in [1.807, 2.05) is 56.7 Å². The number of morpholine rings is 1. The van der Waals surface area contributed by atoms with E-state index in [1.165, 1.54) is 6.08 Å². The number of carbonyl (C=O) groups excluding carboxylic acids is 1. The van der Waals surface area contributed by atoms with Crippen LogP contribution in [0, 0.1) is 0 Å². The number of aromatic nitrogens is 4. The van der Waals surface area contributed by atoms with Gasteiger partial charge in [0.2, 0.25) is 11.9 Å². The van der Waals surface area contributed by atoms with Gasteiger partial charge in [-0.15, -0.1) is 0 Å². The van der Waals surface area contributed by atoms with Crippen LogP contribution in [0.2, 0.25) is 0 Å². The van der Waals surface area contributed by atoms with Crippen molar-refractivity contribution in [3.63, 3.8) is 0 Å². The molecule has 1 saturated heterocycles. The normalized spacial score (nSPS) is 15.0. The van der Waals surface area contributed by atoms with Gasteiger partial charge in [0.05, 0.1) is 31.2 Å². The van der Waals surface area contributed by atoms with Gasteiger partial charge in [0.1, 0.15) is 5.75 Å². The van der Waals surface area contributed by atoms with Gasteiger partial charge in [-0.3, -0.25) is 4.79 Å². The summed E-state index contributed by atoms with van der Waals surface area (Å²) in [5, 5.41) is 14.3. The minimum absolute atomic E-state index is 0.249. The molecular weight excluding hydrogens is 520 g/mol. The van der Waals surface area contributed by atoms with Crippen molar-refractivity contribution in [3.05, 3.63) is 84.7 Å². The predicted octanol–water partition coefficient (Wildman–Crippen LogP) is 3.93. The second-order valence-corrected chi connectivity index (χ2v) is 9.81. The standard InChI is InChI=1S/C30H34N8O3/c1-5-28(39)33-23-16-24(25(40-4)15-22(23)26-17-31-13-14-41-26)34-30-32-12-11-27(35-30)38-19-21(18-37(2)3)29(36-38)20-9-7-6-8-10-20/h5-12,15-16,19,26,31H,1,13-14,17-18H2,2-4H3,(H,33,39)(H,32,34,35). The van der Waals surface area contributed by atoms with E-state index in [1.54, 1.807) is 30.1 Å². The lowest BCUT2D eigenvalue weighted by Crippen LogP contribution is -2.33. The number of anilines is 3. The van der Waals surface area contributed by atoms with Crippen LogP contribution in [0.5, 0.6) is 5.75 Å². The van der Waals surface area contributed by atoms with Gasteiger partial charge in [0, 0.05) is 60.5 Å². The van der Waals surface area contributed by atoms with E-state index in [2.05, 4.69) is 32.4 Å². The Morgan fingerprint density at radius 1 is 1.24 bits per heavy atom. The predicted molar refractivity (Wildman–Crippen MR) is 159 cm³/mol. The first-order valence-electron chi connectivity index (χ1n) is 13.3. The van der Waals surface area contributed by atoms with Crippen molar-refractivity contribution in [2.75, 3.05) is 51.5 Å². The third kappa shape index (κ3) is 6.60. The number of ether oxygens (including phenoxy) is 2. The maximum absolute atomic E-state index is 12.3. The number of nitrogens with zero attached hydrogens (tertiary/aromatic N) is 5. The summed E-state index contributed by atoms with van der Waals surface area (Å²) in [7, 11) is 5.64. The SMILES string of the molecule is C=CC(=O)Nc1cc(Nc2nccc(-n3cc(CN(C)C)c(-c4ccccc4)n3)n2)c(OC)cc1C1CNCCO1. The first kappa shape index (κ1) is 28.0. The molecule has 0 aliphatic carbocycles. The van der Waals surface area contributed by atoms with Crippen molar-refractivity contribution in [2.24, 2.45) is 0 Å². The summed E-state index contributed by atoms with van der Waals surface area (Å²) in [6.07, 6.45) is 4.64. The molecule has 1 amide bonds. The van der Waals surface area contributed by atoms with Crippen LogP contribution in [0.3, 0.4) is 0 Å². The van der Waals surface area contributed by atoms with Crippen LogP contribution >= 0.6 is 0 Å². The molecule has 1 aliphatic rings. The molecule has 0 radical (unpaired) electrons. The number of amides is 1. The molecule has 41 heavy (non-hydrogen) atoms. The molecule has 212 valence electrons. The van der Waals surface area contributed by atoms with Crippen LogP contribution in [0.15, 0.2) is 73.6 Å². The highest BCUT2D eigenvalue weighted by Gasteiger charge is 2.23. The molecule has 1 atom stereocenters. The van der Waals surface area contributed by atoms with Crippen molar-refractivity contribution < 1.29 is 14.3 Å². The summed E-state index contributed by atoms with van der Waals surface area (Å²) in [5.74, 6) is 1.17. The highest BCUT2D eigenvalue weighted by atomic mass is 16.5. The molecule has 3 heterocycles. The molecule has 1 unspecified atom stereocenters. The van der Waals surface area contributed by atoms with Gasteiger partial charge in [0.15, 0.2) is 5.82 Å². The fourth-order valence-electron chi connectivity index (χ4n) is 4.67. The monoisotopic (exact) mass is 554 g/mol. The lowest BCUT2D eigenvalue weighted by Gasteiger charge is -2.27. The zero-order chi connectivity index (χ0) is 28.8. The van der Waals surface area contributed by atoms with Crippen molar-refractivity contribution in [2.45, 2.75) is 12.6 Å². The maximum atomic E-state index is 12.3. The van der Waals surface area contributed by atoms with Gasteiger partial charge in [-0.2, -0.15) is 10.1 Å². The second-order valence-electron chi connectivity index (χ2n) is 9.81. The van der Waals surface area contributed by atoms with Crippen molar-refractivity contribution in [3.8, 4) is 22.8 Å².